The van der Waals surface area contributed by atoms with Crippen LogP contribution in [0.25, 0.3) is 0 Å². The van der Waals surface area contributed by atoms with Gasteiger partial charge in [-0.15, -0.1) is 0 Å². The van der Waals surface area contributed by atoms with Gasteiger partial charge in [0.2, 0.25) is 0 Å². The van der Waals surface area contributed by atoms with Crippen molar-refractivity contribution in [1.82, 2.24) is 15.5 Å². The first kappa shape index (κ1) is 20.8. The molecule has 0 atom stereocenters. The quantitative estimate of drug-likeness (QED) is 0.506. The SMILES string of the molecule is CC(C)CNCCOCCOCCN1CCC(NC(C)C)CC1.[HH].[HH]. The highest BCUT2D eigenvalue weighted by Crippen LogP contribution is 2.10. The first-order valence-corrected chi connectivity index (χ1v) is 9.42. The van der Waals surface area contributed by atoms with Crippen molar-refractivity contribution in [2.45, 2.75) is 52.6 Å². The minimum atomic E-state index is 0. The molecule has 0 unspecified atom stereocenters. The van der Waals surface area contributed by atoms with Gasteiger partial charge in [0.15, 0.2) is 0 Å². The second kappa shape index (κ2) is 13.1. The Balaban J connectivity index is 0. The molecular weight excluding hydrogens is 290 g/mol. The molecule has 5 heteroatoms. The molecule has 0 aromatic heterocycles. The molecule has 0 aliphatic carbocycles. The van der Waals surface area contributed by atoms with E-state index in [9.17, 15) is 0 Å². The number of rotatable bonds is 13. The lowest BCUT2D eigenvalue weighted by Gasteiger charge is -2.33. The number of ether oxygens (including phenoxy) is 2. The Bertz CT molecular complexity index is 277. The molecule has 0 amide bonds. The van der Waals surface area contributed by atoms with Crippen LogP contribution in [0.5, 0.6) is 0 Å². The van der Waals surface area contributed by atoms with Gasteiger partial charge in [0.1, 0.15) is 0 Å². The molecule has 2 N–H and O–H groups in total. The normalized spacial score (nSPS) is 17.5. The minimum absolute atomic E-state index is 0. The molecule has 1 aliphatic heterocycles. The van der Waals surface area contributed by atoms with E-state index in [0.717, 1.165) is 32.8 Å². The van der Waals surface area contributed by atoms with E-state index in [1.807, 2.05) is 0 Å². The zero-order valence-corrected chi connectivity index (χ0v) is 15.8. The number of hydrogen-bond donors (Lipinski definition) is 2. The van der Waals surface area contributed by atoms with E-state index in [-0.39, 0.29) is 2.85 Å². The van der Waals surface area contributed by atoms with Gasteiger partial charge in [-0.3, -0.25) is 0 Å². The van der Waals surface area contributed by atoms with Crippen molar-refractivity contribution in [1.29, 1.82) is 0 Å². The first-order chi connectivity index (χ1) is 11.1. The fourth-order valence-electron chi connectivity index (χ4n) is 2.85. The second-order valence-corrected chi connectivity index (χ2v) is 7.26. The Morgan fingerprint density at radius 3 is 2.26 bits per heavy atom. The minimum Gasteiger partial charge on any atom is -0.378 e. The average Bonchev–Trinajstić information content (AvgIpc) is 2.50. The molecule has 23 heavy (non-hydrogen) atoms. The molecule has 1 rings (SSSR count). The Hall–Kier alpha value is -0.200. The molecule has 0 radical (unpaired) electrons. The molecule has 0 bridgehead atoms. The van der Waals surface area contributed by atoms with Crippen molar-refractivity contribution in [3.63, 3.8) is 0 Å². The van der Waals surface area contributed by atoms with Crippen molar-refractivity contribution in [3.8, 4) is 0 Å². The molecule has 1 aliphatic rings. The zero-order chi connectivity index (χ0) is 16.9. The molecule has 5 nitrogen and oxygen atoms in total. The van der Waals surface area contributed by atoms with Crippen LogP contribution in [0.15, 0.2) is 0 Å². The van der Waals surface area contributed by atoms with E-state index in [2.05, 4.69) is 43.2 Å². The maximum absolute atomic E-state index is 5.67. The van der Waals surface area contributed by atoms with E-state index < -0.39 is 0 Å². The van der Waals surface area contributed by atoms with Crippen LogP contribution in [0.3, 0.4) is 0 Å². The van der Waals surface area contributed by atoms with Crippen LogP contribution < -0.4 is 10.6 Å². The van der Waals surface area contributed by atoms with E-state index in [1.165, 1.54) is 25.9 Å². The Labute approximate surface area is 146 Å². The van der Waals surface area contributed by atoms with Gasteiger partial charge < -0.3 is 25.0 Å². The number of likely N-dealkylation sites (tertiary alicyclic amines) is 1. The summed E-state index contributed by atoms with van der Waals surface area (Å²) in [7, 11) is 0. The summed E-state index contributed by atoms with van der Waals surface area (Å²) in [5.41, 5.74) is 0. The number of piperidine rings is 1. The molecule has 0 aromatic rings. The fraction of sp³-hybridized carbons (Fsp3) is 1.00. The lowest BCUT2D eigenvalue weighted by molar-refractivity contribution is 0.0362. The predicted octanol–water partition coefficient (Wildman–Crippen LogP) is 2.22. The smallest absolute Gasteiger partial charge is 0.0701 e. The van der Waals surface area contributed by atoms with Crippen LogP contribution in [-0.4, -0.2) is 76.1 Å². The van der Waals surface area contributed by atoms with Crippen molar-refractivity contribution in [2.75, 3.05) is 59.2 Å². The van der Waals surface area contributed by atoms with Crippen LogP contribution in [0.2, 0.25) is 0 Å². The number of nitrogens with zero attached hydrogens (tertiary/aromatic N) is 1. The van der Waals surface area contributed by atoms with Crippen LogP contribution >= 0.6 is 0 Å². The predicted molar refractivity (Wildman–Crippen MR) is 101 cm³/mol. The molecule has 1 saturated heterocycles. The number of hydrogen-bond acceptors (Lipinski definition) is 5. The summed E-state index contributed by atoms with van der Waals surface area (Å²) in [6, 6.07) is 1.29. The summed E-state index contributed by atoms with van der Waals surface area (Å²) in [5.74, 6) is 0.699. The first-order valence-electron chi connectivity index (χ1n) is 9.42. The third-order valence-electron chi connectivity index (χ3n) is 4.06. The third-order valence-corrected chi connectivity index (χ3v) is 4.06. The summed E-state index contributed by atoms with van der Waals surface area (Å²) in [4.78, 5) is 2.51. The van der Waals surface area contributed by atoms with Gasteiger partial charge in [0, 0.05) is 28.0 Å². The zero-order valence-electron chi connectivity index (χ0n) is 15.8. The summed E-state index contributed by atoms with van der Waals surface area (Å²) in [6.07, 6.45) is 2.51. The highest BCUT2D eigenvalue weighted by atomic mass is 16.5. The lowest BCUT2D eigenvalue weighted by Crippen LogP contribution is -2.45. The molecule has 142 valence electrons. The molecule has 1 heterocycles. The summed E-state index contributed by atoms with van der Waals surface area (Å²) >= 11 is 0. The van der Waals surface area contributed by atoms with E-state index in [4.69, 9.17) is 9.47 Å². The highest BCUT2D eigenvalue weighted by molar-refractivity contribution is 4.78. The third kappa shape index (κ3) is 11.9. The van der Waals surface area contributed by atoms with Gasteiger partial charge in [-0.05, 0) is 38.4 Å². The Kier molecular flexibility index (Phi) is 11.9. The summed E-state index contributed by atoms with van der Waals surface area (Å²) in [6.45, 7) is 17.3. The van der Waals surface area contributed by atoms with Crippen LogP contribution in [0.1, 0.15) is 43.4 Å². The monoisotopic (exact) mass is 333 g/mol. The second-order valence-electron chi connectivity index (χ2n) is 7.26. The van der Waals surface area contributed by atoms with Gasteiger partial charge in [-0.25, -0.2) is 0 Å². The molecule has 0 aromatic carbocycles. The largest absolute Gasteiger partial charge is 0.378 e. The topological polar surface area (TPSA) is 45.8 Å². The Morgan fingerprint density at radius 1 is 1.00 bits per heavy atom. The van der Waals surface area contributed by atoms with E-state index in [0.29, 0.717) is 31.2 Å². The van der Waals surface area contributed by atoms with Crippen molar-refractivity contribution in [2.24, 2.45) is 5.92 Å². The summed E-state index contributed by atoms with van der Waals surface area (Å²) in [5, 5.41) is 7.00. The maximum atomic E-state index is 5.67. The van der Waals surface area contributed by atoms with Crippen LogP contribution in [0, 0.1) is 5.92 Å². The molecule has 0 saturated carbocycles. The van der Waals surface area contributed by atoms with Gasteiger partial charge in [-0.2, -0.15) is 0 Å². The van der Waals surface area contributed by atoms with Crippen molar-refractivity contribution in [3.05, 3.63) is 0 Å². The van der Waals surface area contributed by atoms with Gasteiger partial charge in [0.05, 0.1) is 26.4 Å². The van der Waals surface area contributed by atoms with E-state index >= 15 is 0 Å². The van der Waals surface area contributed by atoms with Gasteiger partial charge in [0.25, 0.3) is 0 Å². The van der Waals surface area contributed by atoms with Gasteiger partial charge >= 0.3 is 0 Å². The number of nitrogens with one attached hydrogen (secondary N) is 2. The van der Waals surface area contributed by atoms with Gasteiger partial charge in [-0.1, -0.05) is 27.7 Å². The Morgan fingerprint density at radius 2 is 1.65 bits per heavy atom. The molecular formula is C18H43N3O2. The average molecular weight is 334 g/mol. The summed E-state index contributed by atoms with van der Waals surface area (Å²) < 4.78 is 11.2. The maximum Gasteiger partial charge on any atom is 0.0701 e. The van der Waals surface area contributed by atoms with E-state index in [1.54, 1.807) is 0 Å². The molecule has 1 fully saturated rings. The highest BCUT2D eigenvalue weighted by Gasteiger charge is 2.18. The fourth-order valence-corrected chi connectivity index (χ4v) is 2.85. The van der Waals surface area contributed by atoms with Crippen LogP contribution in [-0.2, 0) is 9.47 Å². The molecule has 0 spiro atoms. The van der Waals surface area contributed by atoms with Crippen LogP contribution in [0.4, 0.5) is 0 Å². The lowest BCUT2D eigenvalue weighted by atomic mass is 10.0. The van der Waals surface area contributed by atoms with Crippen molar-refractivity contribution < 1.29 is 12.3 Å². The standard InChI is InChI=1S/C18H39N3O2.2H2/c1-16(2)15-19-7-11-22-13-14-23-12-10-21-8-5-18(6-9-21)20-17(3)4;;/h16-20H,5-15H2,1-4H3;2*1H. The van der Waals surface area contributed by atoms with Crippen molar-refractivity contribution >= 4 is 0 Å².